The summed E-state index contributed by atoms with van der Waals surface area (Å²) in [6.45, 7) is 2.03. The van der Waals surface area contributed by atoms with Crippen LogP contribution in [0.25, 0.3) is 10.6 Å². The van der Waals surface area contributed by atoms with Gasteiger partial charge in [0.15, 0.2) is 0 Å². The van der Waals surface area contributed by atoms with Crippen molar-refractivity contribution < 1.29 is 9.18 Å². The van der Waals surface area contributed by atoms with Crippen molar-refractivity contribution in [3.8, 4) is 10.6 Å². The third-order valence-corrected chi connectivity index (χ3v) is 4.75. The van der Waals surface area contributed by atoms with Crippen molar-refractivity contribution in [1.29, 1.82) is 0 Å². The summed E-state index contributed by atoms with van der Waals surface area (Å²) in [5.41, 5.74) is 6.08. The zero-order valence-corrected chi connectivity index (χ0v) is 12.3. The van der Waals surface area contributed by atoms with E-state index in [0.29, 0.717) is 34.5 Å². The van der Waals surface area contributed by atoms with Gasteiger partial charge in [0.05, 0.1) is 6.20 Å². The predicted molar refractivity (Wildman–Crippen MR) is 80.6 cm³/mol. The van der Waals surface area contributed by atoms with Crippen LogP contribution in [0.5, 0.6) is 0 Å². The van der Waals surface area contributed by atoms with Crippen LogP contribution in [0.1, 0.15) is 16.1 Å². The molecule has 1 aliphatic heterocycles. The first kappa shape index (κ1) is 14.2. The molecule has 2 N–H and O–H groups in total. The van der Waals surface area contributed by atoms with E-state index in [1.165, 1.54) is 23.6 Å². The number of thiazole rings is 1. The molecule has 4 nitrogen and oxygen atoms in total. The summed E-state index contributed by atoms with van der Waals surface area (Å²) < 4.78 is 13.7. The van der Waals surface area contributed by atoms with Crippen molar-refractivity contribution in [2.75, 3.05) is 19.6 Å². The van der Waals surface area contributed by atoms with E-state index in [0.717, 1.165) is 13.0 Å². The number of rotatable bonds is 3. The van der Waals surface area contributed by atoms with E-state index < -0.39 is 0 Å². The van der Waals surface area contributed by atoms with E-state index >= 15 is 0 Å². The standard InChI is InChI=1S/C15H16FN3OS/c16-12-4-2-1-3-11(12)14-18-8-13(21-14)15(20)19-6-5-10(7-17)9-19/h1-4,8,10H,5-7,9,17H2/t10-/m0/s1. The molecule has 1 amide bonds. The van der Waals surface area contributed by atoms with Gasteiger partial charge < -0.3 is 10.6 Å². The topological polar surface area (TPSA) is 59.2 Å². The molecule has 0 unspecified atom stereocenters. The maximum atomic E-state index is 13.7. The first-order valence-electron chi connectivity index (χ1n) is 6.89. The van der Waals surface area contributed by atoms with Crippen molar-refractivity contribution in [3.63, 3.8) is 0 Å². The Balaban J connectivity index is 1.79. The monoisotopic (exact) mass is 305 g/mol. The molecule has 6 heteroatoms. The molecule has 21 heavy (non-hydrogen) atoms. The zero-order valence-electron chi connectivity index (χ0n) is 11.5. The highest BCUT2D eigenvalue weighted by molar-refractivity contribution is 7.16. The minimum Gasteiger partial charge on any atom is -0.338 e. The molecule has 3 rings (SSSR count). The minimum atomic E-state index is -0.324. The number of nitrogens with two attached hydrogens (primary N) is 1. The fourth-order valence-electron chi connectivity index (χ4n) is 2.50. The Morgan fingerprint density at radius 1 is 1.48 bits per heavy atom. The Morgan fingerprint density at radius 3 is 3.00 bits per heavy atom. The van der Waals surface area contributed by atoms with Gasteiger partial charge in [-0.05, 0) is 31.0 Å². The molecule has 1 atom stereocenters. The van der Waals surface area contributed by atoms with Crippen LogP contribution in [-0.2, 0) is 0 Å². The maximum Gasteiger partial charge on any atom is 0.265 e. The number of hydrogen-bond acceptors (Lipinski definition) is 4. The number of nitrogens with zero attached hydrogens (tertiary/aromatic N) is 2. The predicted octanol–water partition coefficient (Wildman–Crippen LogP) is 2.37. The van der Waals surface area contributed by atoms with Crippen LogP contribution in [-0.4, -0.2) is 35.4 Å². The quantitative estimate of drug-likeness (QED) is 0.947. The van der Waals surface area contributed by atoms with E-state index in [9.17, 15) is 9.18 Å². The molecule has 2 aromatic rings. The van der Waals surface area contributed by atoms with Crippen LogP contribution < -0.4 is 5.73 Å². The first-order valence-corrected chi connectivity index (χ1v) is 7.70. The van der Waals surface area contributed by atoms with Gasteiger partial charge in [0.1, 0.15) is 15.7 Å². The average molecular weight is 305 g/mol. The largest absolute Gasteiger partial charge is 0.338 e. The number of carbonyl (C=O) groups is 1. The Kier molecular flexibility index (Phi) is 3.98. The Bertz CT molecular complexity index is 658. The van der Waals surface area contributed by atoms with E-state index in [4.69, 9.17) is 5.73 Å². The summed E-state index contributed by atoms with van der Waals surface area (Å²) in [6.07, 6.45) is 2.48. The van der Waals surface area contributed by atoms with Crippen molar-refractivity contribution in [1.82, 2.24) is 9.88 Å². The van der Waals surface area contributed by atoms with Crippen molar-refractivity contribution in [3.05, 3.63) is 41.2 Å². The van der Waals surface area contributed by atoms with Gasteiger partial charge in [-0.2, -0.15) is 0 Å². The Morgan fingerprint density at radius 2 is 2.29 bits per heavy atom. The lowest BCUT2D eigenvalue weighted by molar-refractivity contribution is 0.0792. The number of amides is 1. The molecule has 0 bridgehead atoms. The Hall–Kier alpha value is -1.79. The third-order valence-electron chi connectivity index (χ3n) is 3.73. The SMILES string of the molecule is NC[C@@H]1CCN(C(=O)c2cnc(-c3ccccc3F)s2)C1. The third kappa shape index (κ3) is 2.82. The second-order valence-corrected chi connectivity index (χ2v) is 6.18. The van der Waals surface area contributed by atoms with Gasteiger partial charge >= 0.3 is 0 Å². The number of carbonyl (C=O) groups excluding carboxylic acids is 1. The van der Waals surface area contributed by atoms with Crippen LogP contribution in [0.15, 0.2) is 30.5 Å². The van der Waals surface area contributed by atoms with E-state index in [1.54, 1.807) is 23.1 Å². The smallest absolute Gasteiger partial charge is 0.265 e. The average Bonchev–Trinajstić information content (AvgIpc) is 3.16. The Labute approximate surface area is 126 Å². The molecular formula is C15H16FN3OS. The fraction of sp³-hybridized carbons (Fsp3) is 0.333. The molecule has 1 aromatic heterocycles. The van der Waals surface area contributed by atoms with Gasteiger partial charge in [-0.1, -0.05) is 12.1 Å². The lowest BCUT2D eigenvalue weighted by Gasteiger charge is -2.14. The van der Waals surface area contributed by atoms with E-state index in [1.807, 2.05) is 0 Å². The number of hydrogen-bond donors (Lipinski definition) is 1. The number of aromatic nitrogens is 1. The summed E-state index contributed by atoms with van der Waals surface area (Å²) in [4.78, 5) is 18.9. The first-order chi connectivity index (χ1) is 10.2. The summed E-state index contributed by atoms with van der Waals surface area (Å²) in [5, 5.41) is 0.533. The van der Waals surface area contributed by atoms with E-state index in [2.05, 4.69) is 4.98 Å². The second kappa shape index (κ2) is 5.91. The molecule has 1 saturated heterocycles. The van der Waals surface area contributed by atoms with Crippen molar-refractivity contribution in [2.45, 2.75) is 6.42 Å². The van der Waals surface area contributed by atoms with Crippen molar-refractivity contribution >= 4 is 17.2 Å². The van der Waals surface area contributed by atoms with Gasteiger partial charge in [0.2, 0.25) is 0 Å². The zero-order chi connectivity index (χ0) is 14.8. The molecule has 2 heterocycles. The van der Waals surface area contributed by atoms with Gasteiger partial charge in [-0.3, -0.25) is 4.79 Å². The summed E-state index contributed by atoms with van der Waals surface area (Å²) in [7, 11) is 0. The van der Waals surface area contributed by atoms with Crippen LogP contribution in [0, 0.1) is 11.7 Å². The van der Waals surface area contributed by atoms with Gasteiger partial charge in [0.25, 0.3) is 5.91 Å². The number of likely N-dealkylation sites (tertiary alicyclic amines) is 1. The molecule has 0 spiro atoms. The molecule has 0 aliphatic carbocycles. The van der Waals surface area contributed by atoms with Gasteiger partial charge in [0, 0.05) is 18.7 Å². The normalized spacial score (nSPS) is 18.2. The molecule has 0 radical (unpaired) electrons. The number of benzene rings is 1. The minimum absolute atomic E-state index is 0.0361. The van der Waals surface area contributed by atoms with Gasteiger partial charge in [-0.15, -0.1) is 11.3 Å². The summed E-state index contributed by atoms with van der Waals surface area (Å²) >= 11 is 1.23. The molecular weight excluding hydrogens is 289 g/mol. The lowest BCUT2D eigenvalue weighted by atomic mass is 10.1. The maximum absolute atomic E-state index is 13.7. The summed E-state index contributed by atoms with van der Waals surface area (Å²) in [5.74, 6) is 0.0224. The lowest BCUT2D eigenvalue weighted by Crippen LogP contribution is -2.29. The number of halogens is 1. The fourth-order valence-corrected chi connectivity index (χ4v) is 3.41. The van der Waals surface area contributed by atoms with Gasteiger partial charge in [-0.25, -0.2) is 9.37 Å². The molecule has 0 saturated carbocycles. The summed E-state index contributed by atoms with van der Waals surface area (Å²) in [6, 6.07) is 6.45. The molecule has 110 valence electrons. The highest BCUT2D eigenvalue weighted by Gasteiger charge is 2.27. The van der Waals surface area contributed by atoms with Crippen LogP contribution >= 0.6 is 11.3 Å². The molecule has 1 fully saturated rings. The van der Waals surface area contributed by atoms with Crippen LogP contribution in [0.4, 0.5) is 4.39 Å². The highest BCUT2D eigenvalue weighted by atomic mass is 32.1. The van der Waals surface area contributed by atoms with E-state index in [-0.39, 0.29) is 11.7 Å². The van der Waals surface area contributed by atoms with Crippen LogP contribution in [0.3, 0.4) is 0 Å². The van der Waals surface area contributed by atoms with Crippen molar-refractivity contribution in [2.24, 2.45) is 11.7 Å². The molecule has 1 aromatic carbocycles. The van der Waals surface area contributed by atoms with Crippen LogP contribution in [0.2, 0.25) is 0 Å². The highest BCUT2D eigenvalue weighted by Crippen LogP contribution is 2.29. The molecule has 1 aliphatic rings. The second-order valence-electron chi connectivity index (χ2n) is 5.15.